The van der Waals surface area contributed by atoms with E-state index in [0.29, 0.717) is 6.54 Å². The summed E-state index contributed by atoms with van der Waals surface area (Å²) in [6.45, 7) is 3.37. The van der Waals surface area contributed by atoms with E-state index in [9.17, 15) is 9.50 Å². The number of phenolic OH excluding ortho intramolecular Hbond substituents is 1. The summed E-state index contributed by atoms with van der Waals surface area (Å²) in [5.41, 5.74) is 0.746. The Morgan fingerprint density at radius 2 is 2.06 bits per heavy atom. The number of hydrogen-bond acceptors (Lipinski definition) is 3. The van der Waals surface area contributed by atoms with E-state index in [4.69, 9.17) is 0 Å². The Morgan fingerprint density at radius 3 is 2.71 bits per heavy atom. The molecule has 0 amide bonds. The van der Waals surface area contributed by atoms with Crippen molar-refractivity contribution in [2.45, 2.75) is 20.0 Å². The molecule has 0 radical (unpaired) electrons. The third-order valence-electron chi connectivity index (χ3n) is 2.37. The molecule has 0 aliphatic heterocycles. The Kier molecular flexibility index (Phi) is 3.76. The second-order valence-corrected chi connectivity index (χ2v) is 5.31. The van der Waals surface area contributed by atoms with Gasteiger partial charge in [0.1, 0.15) is 11.6 Å². The molecule has 0 aliphatic rings. The van der Waals surface area contributed by atoms with Gasteiger partial charge in [-0.3, -0.25) is 0 Å². The summed E-state index contributed by atoms with van der Waals surface area (Å²) in [5.74, 6) is -0.442. The van der Waals surface area contributed by atoms with Gasteiger partial charge in [0.15, 0.2) is 0 Å². The number of benzene rings is 1. The maximum Gasteiger partial charge on any atom is 0.127 e. The van der Waals surface area contributed by atoms with Gasteiger partial charge in [-0.15, -0.1) is 11.3 Å². The maximum absolute atomic E-state index is 13.0. The third kappa shape index (κ3) is 3.54. The smallest absolute Gasteiger partial charge is 0.127 e. The van der Waals surface area contributed by atoms with Crippen LogP contribution in [0.4, 0.5) is 4.39 Å². The molecule has 0 bridgehead atoms. The molecule has 0 saturated carbocycles. The second kappa shape index (κ2) is 5.29. The molecular formula is C13H14FNOS. The number of halogens is 1. The van der Waals surface area contributed by atoms with Crippen molar-refractivity contribution in [3.05, 3.63) is 51.5 Å². The topological polar surface area (TPSA) is 32.3 Å². The van der Waals surface area contributed by atoms with Crippen molar-refractivity contribution in [2.75, 3.05) is 0 Å². The van der Waals surface area contributed by atoms with Gasteiger partial charge in [0.25, 0.3) is 0 Å². The Balaban J connectivity index is 1.89. The summed E-state index contributed by atoms with van der Waals surface area (Å²) < 4.78 is 13.0. The zero-order chi connectivity index (χ0) is 12.3. The van der Waals surface area contributed by atoms with Crippen LogP contribution in [0, 0.1) is 12.7 Å². The minimum absolute atomic E-state index is 0.0335. The fraction of sp³-hybridized carbons (Fsp3) is 0.231. The van der Waals surface area contributed by atoms with Gasteiger partial charge in [-0.25, -0.2) is 4.39 Å². The Bertz CT molecular complexity index is 490. The molecule has 1 aromatic heterocycles. The van der Waals surface area contributed by atoms with Gasteiger partial charge < -0.3 is 10.4 Å². The van der Waals surface area contributed by atoms with E-state index >= 15 is 0 Å². The molecule has 2 nitrogen and oxygen atoms in total. The predicted molar refractivity (Wildman–Crippen MR) is 67.7 cm³/mol. The lowest BCUT2D eigenvalue weighted by Gasteiger charge is -2.04. The number of aryl methyl sites for hydroxylation is 1. The third-order valence-corrected chi connectivity index (χ3v) is 3.37. The lowest BCUT2D eigenvalue weighted by Crippen LogP contribution is -2.11. The molecule has 2 rings (SSSR count). The molecule has 1 heterocycles. The number of hydrogen-bond donors (Lipinski definition) is 2. The van der Waals surface area contributed by atoms with Gasteiger partial charge in [-0.1, -0.05) is 0 Å². The van der Waals surface area contributed by atoms with Gasteiger partial charge in [-0.05, 0) is 36.8 Å². The summed E-state index contributed by atoms with van der Waals surface area (Å²) in [4.78, 5) is 2.54. The fourth-order valence-electron chi connectivity index (χ4n) is 1.65. The average Bonchev–Trinajstić information content (AvgIpc) is 2.63. The molecule has 17 heavy (non-hydrogen) atoms. The van der Waals surface area contributed by atoms with Gasteiger partial charge in [0.05, 0.1) is 0 Å². The molecule has 0 aliphatic carbocycles. The lowest BCUT2D eigenvalue weighted by atomic mass is 10.2. The van der Waals surface area contributed by atoms with Crippen molar-refractivity contribution >= 4 is 11.3 Å². The first-order valence-corrected chi connectivity index (χ1v) is 6.19. The standard InChI is InChI=1S/C13H14FNOS/c1-9-2-3-13(17-9)8-15-7-10-4-11(14)6-12(16)5-10/h2-6,15-16H,7-8H2,1H3. The molecule has 2 aromatic rings. The molecule has 0 unspecified atom stereocenters. The largest absolute Gasteiger partial charge is 0.508 e. The van der Waals surface area contributed by atoms with Crippen LogP contribution in [0.15, 0.2) is 30.3 Å². The number of aromatic hydroxyl groups is 1. The van der Waals surface area contributed by atoms with Gasteiger partial charge in [0.2, 0.25) is 0 Å². The zero-order valence-electron chi connectivity index (χ0n) is 9.53. The van der Waals surface area contributed by atoms with Crippen LogP contribution in [0.3, 0.4) is 0 Å². The molecule has 0 saturated heterocycles. The highest BCUT2D eigenvalue weighted by molar-refractivity contribution is 7.11. The first kappa shape index (κ1) is 12.1. The number of thiophene rings is 1. The summed E-state index contributed by atoms with van der Waals surface area (Å²) in [6, 6.07) is 8.25. The molecule has 0 spiro atoms. The first-order chi connectivity index (χ1) is 8.13. The Hall–Kier alpha value is -1.39. The van der Waals surface area contributed by atoms with E-state index < -0.39 is 5.82 Å². The molecule has 1 aromatic carbocycles. The Morgan fingerprint density at radius 1 is 1.24 bits per heavy atom. The van der Waals surface area contributed by atoms with E-state index in [0.717, 1.165) is 18.2 Å². The van der Waals surface area contributed by atoms with Crippen LogP contribution in [0.1, 0.15) is 15.3 Å². The first-order valence-electron chi connectivity index (χ1n) is 5.38. The van der Waals surface area contributed by atoms with Gasteiger partial charge in [-0.2, -0.15) is 0 Å². The number of rotatable bonds is 4. The van der Waals surface area contributed by atoms with E-state index in [1.165, 1.54) is 15.8 Å². The zero-order valence-corrected chi connectivity index (χ0v) is 10.4. The summed E-state index contributed by atoms with van der Waals surface area (Å²) in [7, 11) is 0. The molecule has 0 atom stereocenters. The van der Waals surface area contributed by atoms with Crippen LogP contribution in [-0.4, -0.2) is 5.11 Å². The van der Waals surface area contributed by atoms with Crippen molar-refractivity contribution < 1.29 is 9.50 Å². The van der Waals surface area contributed by atoms with Crippen LogP contribution in [0.5, 0.6) is 5.75 Å². The monoisotopic (exact) mass is 251 g/mol. The minimum Gasteiger partial charge on any atom is -0.508 e. The Labute approximate surface area is 104 Å². The fourth-order valence-corrected chi connectivity index (χ4v) is 2.51. The molecule has 0 fully saturated rings. The minimum atomic E-state index is -0.409. The molecular weight excluding hydrogens is 237 g/mol. The maximum atomic E-state index is 13.0. The van der Waals surface area contributed by atoms with E-state index in [1.807, 2.05) is 0 Å². The van der Waals surface area contributed by atoms with Crippen LogP contribution in [0.25, 0.3) is 0 Å². The summed E-state index contributed by atoms with van der Waals surface area (Å²) >= 11 is 1.74. The highest BCUT2D eigenvalue weighted by atomic mass is 32.1. The number of nitrogens with one attached hydrogen (secondary N) is 1. The van der Waals surface area contributed by atoms with Crippen LogP contribution >= 0.6 is 11.3 Å². The molecule has 2 N–H and O–H groups in total. The van der Waals surface area contributed by atoms with Crippen molar-refractivity contribution in [1.82, 2.24) is 5.32 Å². The molecule has 90 valence electrons. The highest BCUT2D eigenvalue weighted by Crippen LogP contribution is 2.16. The molecule has 4 heteroatoms. The van der Waals surface area contributed by atoms with E-state index in [1.54, 1.807) is 17.4 Å². The van der Waals surface area contributed by atoms with Gasteiger partial charge in [0, 0.05) is 28.9 Å². The average molecular weight is 251 g/mol. The summed E-state index contributed by atoms with van der Waals surface area (Å²) in [6.07, 6.45) is 0. The summed E-state index contributed by atoms with van der Waals surface area (Å²) in [5, 5.41) is 12.5. The number of phenols is 1. The van der Waals surface area contributed by atoms with Crippen LogP contribution in [0.2, 0.25) is 0 Å². The normalized spacial score (nSPS) is 10.7. The van der Waals surface area contributed by atoms with Crippen molar-refractivity contribution in [3.63, 3.8) is 0 Å². The second-order valence-electron chi connectivity index (χ2n) is 3.93. The van der Waals surface area contributed by atoms with Crippen LogP contribution < -0.4 is 5.32 Å². The predicted octanol–water partition coefficient (Wildman–Crippen LogP) is 3.19. The van der Waals surface area contributed by atoms with Crippen molar-refractivity contribution in [2.24, 2.45) is 0 Å². The van der Waals surface area contributed by atoms with Gasteiger partial charge >= 0.3 is 0 Å². The quantitative estimate of drug-likeness (QED) is 0.874. The highest BCUT2D eigenvalue weighted by Gasteiger charge is 2.00. The van der Waals surface area contributed by atoms with Crippen molar-refractivity contribution in [1.29, 1.82) is 0 Å². The van der Waals surface area contributed by atoms with E-state index in [-0.39, 0.29) is 5.75 Å². The van der Waals surface area contributed by atoms with Crippen LogP contribution in [-0.2, 0) is 13.1 Å². The lowest BCUT2D eigenvalue weighted by molar-refractivity contribution is 0.467. The van der Waals surface area contributed by atoms with E-state index in [2.05, 4.69) is 24.4 Å². The van der Waals surface area contributed by atoms with Crippen molar-refractivity contribution in [3.8, 4) is 5.75 Å². The SMILES string of the molecule is Cc1ccc(CNCc2cc(O)cc(F)c2)s1.